The Kier molecular flexibility index (Phi) is 4.66. The minimum atomic E-state index is -0.315. The third kappa shape index (κ3) is 3.39. The van der Waals surface area contributed by atoms with Crippen molar-refractivity contribution in [2.24, 2.45) is 0 Å². The highest BCUT2D eigenvalue weighted by Gasteiger charge is 2.28. The summed E-state index contributed by atoms with van der Waals surface area (Å²) in [5, 5.41) is 11.1. The standard InChI is InChI=1S/C16H20N4O3/c1-11-9-12(7-8-13(11)20-10-17-18-19-20)16(21)23-15-6-4-3-5-14(15)22-2/h7-10,14-15H,3-6H2,1-2H3/t14-,15-/m0/s1. The number of esters is 1. The summed E-state index contributed by atoms with van der Waals surface area (Å²) in [5.41, 5.74) is 2.26. The third-order valence-electron chi connectivity index (χ3n) is 4.23. The van der Waals surface area contributed by atoms with Crippen molar-refractivity contribution in [1.29, 1.82) is 0 Å². The fourth-order valence-electron chi connectivity index (χ4n) is 2.98. The number of methoxy groups -OCH3 is 1. The molecule has 1 heterocycles. The highest BCUT2D eigenvalue weighted by atomic mass is 16.6. The fourth-order valence-corrected chi connectivity index (χ4v) is 2.98. The molecule has 1 saturated carbocycles. The first kappa shape index (κ1) is 15.6. The normalized spacial score (nSPS) is 21.1. The maximum Gasteiger partial charge on any atom is 0.338 e. The van der Waals surface area contributed by atoms with E-state index in [2.05, 4.69) is 15.5 Å². The number of benzene rings is 1. The van der Waals surface area contributed by atoms with Gasteiger partial charge in [-0.3, -0.25) is 0 Å². The van der Waals surface area contributed by atoms with Crippen molar-refractivity contribution in [3.05, 3.63) is 35.7 Å². The molecule has 1 aliphatic carbocycles. The van der Waals surface area contributed by atoms with Crippen molar-refractivity contribution < 1.29 is 14.3 Å². The van der Waals surface area contributed by atoms with Gasteiger partial charge in [-0.05, 0) is 60.4 Å². The molecule has 0 aliphatic heterocycles. The van der Waals surface area contributed by atoms with E-state index in [1.165, 1.54) is 6.33 Å². The van der Waals surface area contributed by atoms with Gasteiger partial charge in [0, 0.05) is 7.11 Å². The first-order valence-corrected chi connectivity index (χ1v) is 7.77. The van der Waals surface area contributed by atoms with Crippen LogP contribution in [0.4, 0.5) is 0 Å². The van der Waals surface area contributed by atoms with Crippen molar-refractivity contribution in [3.8, 4) is 5.69 Å². The second kappa shape index (κ2) is 6.87. The molecule has 2 atom stereocenters. The van der Waals surface area contributed by atoms with Crippen molar-refractivity contribution >= 4 is 5.97 Å². The SMILES string of the molecule is CO[C@H]1CCCC[C@@H]1OC(=O)c1ccc(-n2cnnn2)c(C)c1. The Morgan fingerprint density at radius 1 is 1.26 bits per heavy atom. The Morgan fingerprint density at radius 2 is 2.04 bits per heavy atom. The van der Waals surface area contributed by atoms with Crippen molar-refractivity contribution in [2.45, 2.75) is 44.8 Å². The molecule has 23 heavy (non-hydrogen) atoms. The summed E-state index contributed by atoms with van der Waals surface area (Å²) >= 11 is 0. The van der Waals surface area contributed by atoms with Gasteiger partial charge < -0.3 is 9.47 Å². The van der Waals surface area contributed by atoms with Crippen molar-refractivity contribution in [2.75, 3.05) is 7.11 Å². The third-order valence-corrected chi connectivity index (χ3v) is 4.23. The number of aryl methyl sites for hydroxylation is 1. The molecule has 0 radical (unpaired) electrons. The summed E-state index contributed by atoms with van der Waals surface area (Å²) in [6.07, 6.45) is 5.32. The van der Waals surface area contributed by atoms with Crippen LogP contribution in [-0.4, -0.2) is 45.5 Å². The average Bonchev–Trinajstić information content (AvgIpc) is 3.09. The number of carbonyl (C=O) groups excluding carboxylic acids is 1. The smallest absolute Gasteiger partial charge is 0.338 e. The van der Waals surface area contributed by atoms with Gasteiger partial charge in [-0.1, -0.05) is 6.42 Å². The first-order chi connectivity index (χ1) is 11.2. The number of carbonyl (C=O) groups is 1. The Bertz CT molecular complexity index is 672. The van der Waals surface area contributed by atoms with Crippen LogP contribution in [0.5, 0.6) is 0 Å². The highest BCUT2D eigenvalue weighted by Crippen LogP contribution is 2.25. The molecule has 122 valence electrons. The summed E-state index contributed by atoms with van der Waals surface area (Å²) in [6.45, 7) is 1.91. The van der Waals surface area contributed by atoms with E-state index in [4.69, 9.17) is 9.47 Å². The topological polar surface area (TPSA) is 79.1 Å². The van der Waals surface area contributed by atoms with Crippen LogP contribution in [0.2, 0.25) is 0 Å². The number of hydrogen-bond donors (Lipinski definition) is 0. The lowest BCUT2D eigenvalue weighted by atomic mass is 9.94. The molecular weight excluding hydrogens is 296 g/mol. The zero-order chi connectivity index (χ0) is 16.2. The Morgan fingerprint density at radius 3 is 2.70 bits per heavy atom. The van der Waals surface area contributed by atoms with Gasteiger partial charge in [-0.25, -0.2) is 9.48 Å². The van der Waals surface area contributed by atoms with Gasteiger partial charge in [0.1, 0.15) is 12.4 Å². The monoisotopic (exact) mass is 316 g/mol. The van der Waals surface area contributed by atoms with Crippen LogP contribution < -0.4 is 0 Å². The predicted octanol–water partition coefficient (Wildman–Crippen LogP) is 2.09. The van der Waals surface area contributed by atoms with Crippen molar-refractivity contribution in [3.63, 3.8) is 0 Å². The quantitative estimate of drug-likeness (QED) is 0.804. The summed E-state index contributed by atoms with van der Waals surface area (Å²) in [4.78, 5) is 12.4. The molecule has 7 heteroatoms. The molecule has 1 fully saturated rings. The van der Waals surface area contributed by atoms with Gasteiger partial charge in [0.25, 0.3) is 0 Å². The number of tetrazole rings is 1. The van der Waals surface area contributed by atoms with Crippen molar-refractivity contribution in [1.82, 2.24) is 20.2 Å². The van der Waals surface area contributed by atoms with E-state index in [1.54, 1.807) is 23.9 Å². The highest BCUT2D eigenvalue weighted by molar-refractivity contribution is 5.90. The molecule has 7 nitrogen and oxygen atoms in total. The van der Waals surface area contributed by atoms with E-state index in [-0.39, 0.29) is 18.2 Å². The Labute approximate surface area is 134 Å². The molecule has 1 aromatic carbocycles. The molecule has 1 aliphatic rings. The maximum atomic E-state index is 12.4. The average molecular weight is 316 g/mol. The van der Waals surface area contributed by atoms with Crippen LogP contribution >= 0.6 is 0 Å². The summed E-state index contributed by atoms with van der Waals surface area (Å²) in [6, 6.07) is 5.35. The second-order valence-electron chi connectivity index (χ2n) is 5.76. The van der Waals surface area contributed by atoms with Gasteiger partial charge in [0.05, 0.1) is 17.4 Å². The molecule has 1 aromatic heterocycles. The molecule has 0 unspecified atom stereocenters. The van der Waals surface area contributed by atoms with Crippen LogP contribution in [-0.2, 0) is 9.47 Å². The zero-order valence-corrected chi connectivity index (χ0v) is 13.3. The number of aromatic nitrogens is 4. The lowest BCUT2D eigenvalue weighted by molar-refractivity contribution is -0.0539. The number of ether oxygens (including phenoxy) is 2. The molecule has 3 rings (SSSR count). The van der Waals surface area contributed by atoms with E-state index in [0.29, 0.717) is 5.56 Å². The van der Waals surface area contributed by atoms with Gasteiger partial charge in [0.2, 0.25) is 0 Å². The minimum Gasteiger partial charge on any atom is -0.456 e. The summed E-state index contributed by atoms with van der Waals surface area (Å²) in [5.74, 6) is -0.315. The van der Waals surface area contributed by atoms with Gasteiger partial charge >= 0.3 is 5.97 Å². The van der Waals surface area contributed by atoms with E-state index in [1.807, 2.05) is 13.0 Å². The molecule has 0 amide bonds. The first-order valence-electron chi connectivity index (χ1n) is 7.77. The van der Waals surface area contributed by atoms with Crippen LogP contribution in [0.3, 0.4) is 0 Å². The molecule has 2 aromatic rings. The van der Waals surface area contributed by atoms with Crippen LogP contribution in [0.1, 0.15) is 41.6 Å². The van der Waals surface area contributed by atoms with E-state index in [0.717, 1.165) is 36.9 Å². The summed E-state index contributed by atoms with van der Waals surface area (Å²) in [7, 11) is 1.67. The number of rotatable bonds is 4. The Balaban J connectivity index is 1.74. The van der Waals surface area contributed by atoms with Crippen LogP contribution in [0, 0.1) is 6.92 Å². The van der Waals surface area contributed by atoms with Crippen LogP contribution in [0.25, 0.3) is 5.69 Å². The molecular formula is C16H20N4O3. The second-order valence-corrected chi connectivity index (χ2v) is 5.76. The van der Waals surface area contributed by atoms with Gasteiger partial charge in [-0.2, -0.15) is 0 Å². The largest absolute Gasteiger partial charge is 0.456 e. The minimum absolute atomic E-state index is 0.00528. The van der Waals surface area contributed by atoms with E-state index >= 15 is 0 Å². The zero-order valence-electron chi connectivity index (χ0n) is 13.3. The molecule has 0 N–H and O–H groups in total. The van der Waals surface area contributed by atoms with Crippen LogP contribution in [0.15, 0.2) is 24.5 Å². The van der Waals surface area contributed by atoms with E-state index in [9.17, 15) is 4.79 Å². The number of hydrogen-bond acceptors (Lipinski definition) is 6. The molecule has 0 bridgehead atoms. The lowest BCUT2D eigenvalue weighted by Gasteiger charge is -2.29. The van der Waals surface area contributed by atoms with Gasteiger partial charge in [-0.15, -0.1) is 5.10 Å². The molecule has 0 saturated heterocycles. The fraction of sp³-hybridized carbons (Fsp3) is 0.500. The van der Waals surface area contributed by atoms with E-state index < -0.39 is 0 Å². The number of nitrogens with zero attached hydrogens (tertiary/aromatic N) is 4. The predicted molar refractivity (Wildman–Crippen MR) is 82.4 cm³/mol. The lowest BCUT2D eigenvalue weighted by Crippen LogP contribution is -2.35. The Hall–Kier alpha value is -2.28. The molecule has 0 spiro atoms. The van der Waals surface area contributed by atoms with Gasteiger partial charge in [0.15, 0.2) is 0 Å². The maximum absolute atomic E-state index is 12.4. The summed E-state index contributed by atoms with van der Waals surface area (Å²) < 4.78 is 12.6.